The van der Waals surface area contributed by atoms with Gasteiger partial charge in [0.2, 0.25) is 0 Å². The average Bonchev–Trinajstić information content (AvgIpc) is 2.97. The molecular formula is C18H17N3O3. The molecule has 122 valence electrons. The lowest BCUT2D eigenvalue weighted by atomic mass is 10.1. The third kappa shape index (κ3) is 2.86. The summed E-state index contributed by atoms with van der Waals surface area (Å²) < 4.78 is 2.91. The van der Waals surface area contributed by atoms with Crippen LogP contribution in [-0.2, 0) is 13.6 Å². The maximum atomic E-state index is 11.8. The van der Waals surface area contributed by atoms with Gasteiger partial charge in [-0.25, -0.2) is 4.79 Å². The fourth-order valence-corrected chi connectivity index (χ4v) is 2.72. The predicted octanol–water partition coefficient (Wildman–Crippen LogP) is 2.30. The topological polar surface area (TPSA) is 77.1 Å². The van der Waals surface area contributed by atoms with Gasteiger partial charge in [-0.1, -0.05) is 30.3 Å². The van der Waals surface area contributed by atoms with Gasteiger partial charge in [0.15, 0.2) is 5.69 Å². The molecule has 0 amide bonds. The molecule has 24 heavy (non-hydrogen) atoms. The number of rotatable bonds is 4. The molecule has 0 aliphatic carbocycles. The Morgan fingerprint density at radius 3 is 2.58 bits per heavy atom. The molecule has 0 radical (unpaired) electrons. The van der Waals surface area contributed by atoms with E-state index in [0.29, 0.717) is 23.2 Å². The van der Waals surface area contributed by atoms with Crippen LogP contribution in [0.4, 0.5) is 0 Å². The summed E-state index contributed by atoms with van der Waals surface area (Å²) in [5, 5.41) is 13.9. The highest BCUT2D eigenvalue weighted by molar-refractivity contribution is 5.94. The van der Waals surface area contributed by atoms with Crippen LogP contribution < -0.4 is 5.56 Å². The molecule has 0 aliphatic heterocycles. The molecule has 6 nitrogen and oxygen atoms in total. The van der Waals surface area contributed by atoms with Crippen molar-refractivity contribution in [2.75, 3.05) is 0 Å². The van der Waals surface area contributed by atoms with Crippen molar-refractivity contribution in [2.24, 2.45) is 7.05 Å². The number of nitrogens with zero attached hydrogens (tertiary/aromatic N) is 3. The Bertz CT molecular complexity index is 929. The summed E-state index contributed by atoms with van der Waals surface area (Å²) in [4.78, 5) is 23.6. The highest BCUT2D eigenvalue weighted by atomic mass is 16.4. The van der Waals surface area contributed by atoms with Crippen LogP contribution in [0.3, 0.4) is 0 Å². The average molecular weight is 323 g/mol. The van der Waals surface area contributed by atoms with Gasteiger partial charge in [0.1, 0.15) is 0 Å². The second-order valence-corrected chi connectivity index (χ2v) is 5.68. The molecule has 0 unspecified atom stereocenters. The molecule has 0 bridgehead atoms. The van der Waals surface area contributed by atoms with Crippen LogP contribution >= 0.6 is 0 Å². The van der Waals surface area contributed by atoms with Crippen LogP contribution in [-0.4, -0.2) is 25.4 Å². The Balaban J connectivity index is 2.10. The van der Waals surface area contributed by atoms with Gasteiger partial charge in [-0.3, -0.25) is 9.48 Å². The minimum absolute atomic E-state index is 0.104. The summed E-state index contributed by atoms with van der Waals surface area (Å²) in [5.74, 6) is -1.05. The number of aryl methyl sites for hydroxylation is 2. The molecule has 0 spiro atoms. The number of hydrogen-bond acceptors (Lipinski definition) is 3. The minimum Gasteiger partial charge on any atom is -0.477 e. The van der Waals surface area contributed by atoms with E-state index in [1.807, 2.05) is 30.3 Å². The van der Waals surface area contributed by atoms with Gasteiger partial charge in [0.05, 0.1) is 12.7 Å². The number of carboxylic acids is 1. The van der Waals surface area contributed by atoms with Gasteiger partial charge in [-0.15, -0.1) is 0 Å². The zero-order valence-electron chi connectivity index (χ0n) is 13.4. The standard InChI is InChI=1S/C18H17N3O3/c1-12-8-14(11-20(2)17(12)22)15-9-19-21(16(15)18(23)24)10-13-6-4-3-5-7-13/h3-9,11H,10H2,1-2H3,(H,23,24). The van der Waals surface area contributed by atoms with Crippen molar-refractivity contribution in [2.45, 2.75) is 13.5 Å². The second kappa shape index (κ2) is 6.16. The van der Waals surface area contributed by atoms with Crippen LogP contribution in [0.25, 0.3) is 11.1 Å². The summed E-state index contributed by atoms with van der Waals surface area (Å²) in [6.45, 7) is 2.08. The Hall–Kier alpha value is -3.15. The van der Waals surface area contributed by atoms with Gasteiger partial charge in [-0.05, 0) is 18.6 Å². The first-order valence-corrected chi connectivity index (χ1v) is 7.48. The first kappa shape index (κ1) is 15.7. The van der Waals surface area contributed by atoms with Crippen molar-refractivity contribution in [3.05, 3.63) is 76.0 Å². The molecule has 0 atom stereocenters. The van der Waals surface area contributed by atoms with E-state index in [1.165, 1.54) is 15.4 Å². The summed E-state index contributed by atoms with van der Waals surface area (Å²) in [6, 6.07) is 11.2. The molecule has 0 aliphatic rings. The highest BCUT2D eigenvalue weighted by Gasteiger charge is 2.20. The number of benzene rings is 1. The van der Waals surface area contributed by atoms with Crippen molar-refractivity contribution in [1.82, 2.24) is 14.3 Å². The maximum Gasteiger partial charge on any atom is 0.354 e. The first-order chi connectivity index (χ1) is 11.5. The lowest BCUT2D eigenvalue weighted by molar-refractivity contribution is 0.0685. The molecule has 0 fully saturated rings. The van der Waals surface area contributed by atoms with Crippen molar-refractivity contribution < 1.29 is 9.90 Å². The third-order valence-corrected chi connectivity index (χ3v) is 3.89. The summed E-state index contributed by atoms with van der Waals surface area (Å²) in [5.41, 5.74) is 2.68. The molecule has 1 N–H and O–H groups in total. The zero-order valence-corrected chi connectivity index (χ0v) is 13.4. The van der Waals surface area contributed by atoms with Gasteiger partial charge in [-0.2, -0.15) is 5.10 Å². The number of aromatic nitrogens is 3. The van der Waals surface area contributed by atoms with E-state index in [1.54, 1.807) is 26.2 Å². The number of pyridine rings is 1. The number of aromatic carboxylic acids is 1. The summed E-state index contributed by atoms with van der Waals surface area (Å²) in [7, 11) is 1.65. The molecule has 6 heteroatoms. The number of hydrogen-bond donors (Lipinski definition) is 1. The fourth-order valence-electron chi connectivity index (χ4n) is 2.72. The Morgan fingerprint density at radius 2 is 1.96 bits per heavy atom. The number of carbonyl (C=O) groups is 1. The molecule has 0 saturated carbocycles. The first-order valence-electron chi connectivity index (χ1n) is 7.48. The van der Waals surface area contributed by atoms with E-state index < -0.39 is 5.97 Å². The van der Waals surface area contributed by atoms with Gasteiger partial charge in [0.25, 0.3) is 5.56 Å². The second-order valence-electron chi connectivity index (χ2n) is 5.68. The molecule has 2 aromatic heterocycles. The molecule has 3 aromatic rings. The quantitative estimate of drug-likeness (QED) is 0.799. The third-order valence-electron chi connectivity index (χ3n) is 3.89. The van der Waals surface area contributed by atoms with Crippen LogP contribution in [0.2, 0.25) is 0 Å². The van der Waals surface area contributed by atoms with E-state index in [4.69, 9.17) is 0 Å². The van der Waals surface area contributed by atoms with Crippen LogP contribution in [0, 0.1) is 6.92 Å². The summed E-state index contributed by atoms with van der Waals surface area (Å²) >= 11 is 0. The number of carboxylic acid groups (broad SMARTS) is 1. The van der Waals surface area contributed by atoms with E-state index in [-0.39, 0.29) is 11.3 Å². The molecular weight excluding hydrogens is 306 g/mol. The maximum absolute atomic E-state index is 11.8. The summed E-state index contributed by atoms with van der Waals surface area (Å²) in [6.07, 6.45) is 3.16. The van der Waals surface area contributed by atoms with Crippen molar-refractivity contribution in [3.63, 3.8) is 0 Å². The minimum atomic E-state index is -1.05. The van der Waals surface area contributed by atoms with Crippen LogP contribution in [0.15, 0.2) is 53.6 Å². The van der Waals surface area contributed by atoms with Crippen molar-refractivity contribution in [3.8, 4) is 11.1 Å². The lowest BCUT2D eigenvalue weighted by Crippen LogP contribution is -2.18. The van der Waals surface area contributed by atoms with E-state index in [2.05, 4.69) is 5.10 Å². The zero-order chi connectivity index (χ0) is 17.3. The van der Waals surface area contributed by atoms with Gasteiger partial charge in [0, 0.05) is 29.9 Å². The Labute approximate surface area is 138 Å². The van der Waals surface area contributed by atoms with Gasteiger partial charge >= 0.3 is 5.97 Å². The predicted molar refractivity (Wildman–Crippen MR) is 90.1 cm³/mol. The van der Waals surface area contributed by atoms with E-state index >= 15 is 0 Å². The molecule has 3 rings (SSSR count). The Kier molecular flexibility index (Phi) is 4.04. The molecule has 1 aromatic carbocycles. The van der Waals surface area contributed by atoms with Crippen LogP contribution in [0.5, 0.6) is 0 Å². The molecule has 2 heterocycles. The SMILES string of the molecule is Cc1cc(-c2cnn(Cc3ccccc3)c2C(=O)O)cn(C)c1=O. The van der Waals surface area contributed by atoms with Crippen molar-refractivity contribution in [1.29, 1.82) is 0 Å². The smallest absolute Gasteiger partial charge is 0.354 e. The highest BCUT2D eigenvalue weighted by Crippen LogP contribution is 2.24. The monoisotopic (exact) mass is 323 g/mol. The van der Waals surface area contributed by atoms with Crippen LogP contribution in [0.1, 0.15) is 21.6 Å². The Morgan fingerprint density at radius 1 is 1.25 bits per heavy atom. The largest absolute Gasteiger partial charge is 0.477 e. The molecule has 0 saturated heterocycles. The normalized spacial score (nSPS) is 10.8. The fraction of sp³-hybridized carbons (Fsp3) is 0.167. The lowest BCUT2D eigenvalue weighted by Gasteiger charge is -2.08. The van der Waals surface area contributed by atoms with Gasteiger partial charge < -0.3 is 9.67 Å². The van der Waals surface area contributed by atoms with Crippen molar-refractivity contribution >= 4 is 5.97 Å². The van der Waals surface area contributed by atoms with E-state index in [9.17, 15) is 14.7 Å². The van der Waals surface area contributed by atoms with E-state index in [0.717, 1.165) is 5.56 Å².